The summed E-state index contributed by atoms with van der Waals surface area (Å²) >= 11 is 11.9. The molecule has 0 saturated carbocycles. The maximum Gasteiger partial charge on any atom is 0.224 e. The number of benzene rings is 1. The molecule has 0 amide bonds. The third kappa shape index (κ3) is 2.74. The third-order valence-corrected chi connectivity index (χ3v) is 3.19. The Labute approximate surface area is 116 Å². The first-order valence-electron chi connectivity index (χ1n) is 5.62. The van der Waals surface area contributed by atoms with Crippen molar-refractivity contribution in [1.29, 1.82) is 0 Å². The first-order chi connectivity index (χ1) is 8.61. The first-order valence-corrected chi connectivity index (χ1v) is 6.38. The summed E-state index contributed by atoms with van der Waals surface area (Å²) in [6, 6.07) is 8.24. The molecule has 3 nitrogen and oxygen atoms in total. The maximum atomic E-state index is 6.07. The SMILES string of the molecule is CCc1ccc(N(C)c2nc(Cl)ncc2Cl)cc1. The topological polar surface area (TPSA) is 29.0 Å². The van der Waals surface area contributed by atoms with E-state index in [0.717, 1.165) is 12.1 Å². The minimum absolute atomic E-state index is 0.187. The first kappa shape index (κ1) is 13.1. The Balaban J connectivity index is 2.34. The fourth-order valence-electron chi connectivity index (χ4n) is 1.65. The van der Waals surface area contributed by atoms with Crippen LogP contribution in [0.4, 0.5) is 11.5 Å². The van der Waals surface area contributed by atoms with E-state index >= 15 is 0 Å². The van der Waals surface area contributed by atoms with Gasteiger partial charge in [0.2, 0.25) is 5.28 Å². The number of halogens is 2. The van der Waals surface area contributed by atoms with Gasteiger partial charge in [0, 0.05) is 12.7 Å². The quantitative estimate of drug-likeness (QED) is 0.793. The molecule has 0 radical (unpaired) electrons. The van der Waals surface area contributed by atoms with Crippen LogP contribution in [0.5, 0.6) is 0 Å². The monoisotopic (exact) mass is 281 g/mol. The van der Waals surface area contributed by atoms with Gasteiger partial charge >= 0.3 is 0 Å². The molecule has 0 fully saturated rings. The number of rotatable bonds is 3. The molecule has 0 aliphatic heterocycles. The summed E-state index contributed by atoms with van der Waals surface area (Å²) in [4.78, 5) is 9.86. The summed E-state index contributed by atoms with van der Waals surface area (Å²) < 4.78 is 0. The average molecular weight is 282 g/mol. The van der Waals surface area contributed by atoms with Gasteiger partial charge < -0.3 is 4.90 Å². The standard InChI is InChI=1S/C13H13Cl2N3/c1-3-9-4-6-10(7-5-9)18(2)12-11(14)8-16-13(15)17-12/h4-8H,3H2,1-2H3. The highest BCUT2D eigenvalue weighted by Crippen LogP contribution is 2.28. The van der Waals surface area contributed by atoms with E-state index in [-0.39, 0.29) is 5.28 Å². The van der Waals surface area contributed by atoms with Gasteiger partial charge in [-0.05, 0) is 35.7 Å². The molecule has 2 aromatic rings. The van der Waals surface area contributed by atoms with E-state index in [1.165, 1.54) is 11.8 Å². The fourth-order valence-corrected chi connectivity index (χ4v) is 2.00. The van der Waals surface area contributed by atoms with Crippen molar-refractivity contribution in [2.75, 3.05) is 11.9 Å². The molecule has 0 N–H and O–H groups in total. The van der Waals surface area contributed by atoms with E-state index in [4.69, 9.17) is 23.2 Å². The molecule has 0 aliphatic carbocycles. The van der Waals surface area contributed by atoms with Gasteiger partial charge in [0.1, 0.15) is 5.02 Å². The van der Waals surface area contributed by atoms with Gasteiger partial charge in [-0.1, -0.05) is 30.7 Å². The van der Waals surface area contributed by atoms with Crippen molar-refractivity contribution in [1.82, 2.24) is 9.97 Å². The normalized spacial score (nSPS) is 10.4. The lowest BCUT2D eigenvalue weighted by Gasteiger charge is -2.19. The van der Waals surface area contributed by atoms with Crippen LogP contribution >= 0.6 is 23.2 Å². The summed E-state index contributed by atoms with van der Waals surface area (Å²) in [6.45, 7) is 2.12. The summed E-state index contributed by atoms with van der Waals surface area (Å²) in [5, 5.41) is 0.660. The second kappa shape index (κ2) is 5.55. The van der Waals surface area contributed by atoms with Crippen LogP contribution in [0.3, 0.4) is 0 Å². The molecule has 0 unspecified atom stereocenters. The summed E-state index contributed by atoms with van der Waals surface area (Å²) in [6.07, 6.45) is 2.52. The Morgan fingerprint density at radius 3 is 2.44 bits per heavy atom. The van der Waals surface area contributed by atoms with Crippen molar-refractivity contribution in [3.8, 4) is 0 Å². The van der Waals surface area contributed by atoms with Crippen molar-refractivity contribution in [2.24, 2.45) is 0 Å². The smallest absolute Gasteiger partial charge is 0.224 e. The zero-order chi connectivity index (χ0) is 13.1. The van der Waals surface area contributed by atoms with Crippen molar-refractivity contribution >= 4 is 34.7 Å². The third-order valence-electron chi connectivity index (χ3n) is 2.75. The number of aromatic nitrogens is 2. The second-order valence-corrected chi connectivity index (χ2v) is 4.63. The molecule has 5 heteroatoms. The minimum atomic E-state index is 0.187. The van der Waals surface area contributed by atoms with Gasteiger partial charge in [-0.3, -0.25) is 0 Å². The highest BCUT2D eigenvalue weighted by molar-refractivity contribution is 6.33. The van der Waals surface area contributed by atoms with E-state index in [1.54, 1.807) is 0 Å². The largest absolute Gasteiger partial charge is 0.328 e. The minimum Gasteiger partial charge on any atom is -0.328 e. The van der Waals surface area contributed by atoms with E-state index in [2.05, 4.69) is 29.0 Å². The van der Waals surface area contributed by atoms with Gasteiger partial charge in [-0.15, -0.1) is 0 Å². The zero-order valence-electron chi connectivity index (χ0n) is 10.2. The molecular weight excluding hydrogens is 269 g/mol. The Kier molecular flexibility index (Phi) is 4.04. The van der Waals surface area contributed by atoms with Gasteiger partial charge in [0.05, 0.1) is 6.20 Å². The maximum absolute atomic E-state index is 6.07. The highest BCUT2D eigenvalue weighted by atomic mass is 35.5. The van der Waals surface area contributed by atoms with E-state index in [9.17, 15) is 0 Å². The Hall–Kier alpha value is -1.32. The summed E-state index contributed by atoms with van der Waals surface area (Å²) in [5.41, 5.74) is 2.29. The highest BCUT2D eigenvalue weighted by Gasteiger charge is 2.11. The van der Waals surface area contributed by atoms with Crippen LogP contribution in [0.15, 0.2) is 30.5 Å². The molecule has 1 aromatic carbocycles. The Morgan fingerprint density at radius 1 is 1.17 bits per heavy atom. The van der Waals surface area contributed by atoms with Crippen LogP contribution in [-0.2, 0) is 6.42 Å². The lowest BCUT2D eigenvalue weighted by atomic mass is 10.1. The van der Waals surface area contributed by atoms with Crippen molar-refractivity contribution < 1.29 is 0 Å². The average Bonchev–Trinajstić information content (AvgIpc) is 2.41. The van der Waals surface area contributed by atoms with Crippen molar-refractivity contribution in [2.45, 2.75) is 13.3 Å². The van der Waals surface area contributed by atoms with Crippen molar-refractivity contribution in [3.05, 3.63) is 46.3 Å². The summed E-state index contributed by atoms with van der Waals surface area (Å²) in [7, 11) is 1.89. The van der Waals surface area contributed by atoms with Crippen LogP contribution in [0.2, 0.25) is 10.3 Å². The Bertz CT molecular complexity index is 540. The van der Waals surface area contributed by atoms with Crippen LogP contribution in [0.25, 0.3) is 0 Å². The molecule has 94 valence electrons. The van der Waals surface area contributed by atoms with E-state index < -0.39 is 0 Å². The van der Waals surface area contributed by atoms with E-state index in [1.807, 2.05) is 24.1 Å². The Morgan fingerprint density at radius 2 is 1.83 bits per heavy atom. The van der Waals surface area contributed by atoms with Gasteiger partial charge in [-0.2, -0.15) is 4.98 Å². The van der Waals surface area contributed by atoms with Crippen molar-refractivity contribution in [3.63, 3.8) is 0 Å². The molecule has 0 saturated heterocycles. The van der Waals surface area contributed by atoms with Crippen LogP contribution in [0, 0.1) is 0 Å². The van der Waals surface area contributed by atoms with E-state index in [0.29, 0.717) is 10.8 Å². The van der Waals surface area contributed by atoms with Crippen LogP contribution in [-0.4, -0.2) is 17.0 Å². The number of hydrogen-bond acceptors (Lipinski definition) is 3. The molecule has 0 bridgehead atoms. The predicted molar refractivity (Wildman–Crippen MR) is 75.9 cm³/mol. The van der Waals surface area contributed by atoms with Gasteiger partial charge in [-0.25, -0.2) is 4.98 Å². The molecule has 1 heterocycles. The molecule has 1 aromatic heterocycles. The second-order valence-electron chi connectivity index (χ2n) is 3.89. The number of anilines is 2. The molecule has 0 atom stereocenters. The molecule has 0 aliphatic rings. The number of nitrogens with zero attached hydrogens (tertiary/aromatic N) is 3. The lowest BCUT2D eigenvalue weighted by molar-refractivity contribution is 1.07. The van der Waals surface area contributed by atoms with Gasteiger partial charge in [0.15, 0.2) is 5.82 Å². The van der Waals surface area contributed by atoms with Crippen LogP contribution < -0.4 is 4.90 Å². The summed E-state index contributed by atoms with van der Waals surface area (Å²) in [5.74, 6) is 0.598. The predicted octanol–water partition coefficient (Wildman–Crippen LogP) is 4.11. The fraction of sp³-hybridized carbons (Fsp3) is 0.231. The van der Waals surface area contributed by atoms with Crippen LogP contribution in [0.1, 0.15) is 12.5 Å². The lowest BCUT2D eigenvalue weighted by Crippen LogP contribution is -2.12. The molecule has 0 spiro atoms. The number of aryl methyl sites for hydroxylation is 1. The molecule has 2 rings (SSSR count). The molecule has 18 heavy (non-hydrogen) atoms. The molecular formula is C13H13Cl2N3. The zero-order valence-corrected chi connectivity index (χ0v) is 11.7. The van der Waals surface area contributed by atoms with Gasteiger partial charge in [0.25, 0.3) is 0 Å². The number of hydrogen-bond donors (Lipinski definition) is 0.